The van der Waals surface area contributed by atoms with Gasteiger partial charge in [-0.25, -0.2) is 0 Å². The number of alkyl halides is 1. The van der Waals surface area contributed by atoms with Crippen molar-refractivity contribution in [2.24, 2.45) is 0 Å². The number of carbonyl (C=O) groups excluding carboxylic acids is 1. The van der Waals surface area contributed by atoms with E-state index in [9.17, 15) is 9.90 Å². The van der Waals surface area contributed by atoms with Crippen LogP contribution in [0, 0.1) is 11.3 Å². The van der Waals surface area contributed by atoms with Gasteiger partial charge in [0.15, 0.2) is 5.78 Å². The summed E-state index contributed by atoms with van der Waals surface area (Å²) in [5, 5.41) is 18.1. The minimum Gasteiger partial charge on any atom is -0.505 e. The van der Waals surface area contributed by atoms with Crippen LogP contribution in [0.1, 0.15) is 15.9 Å². The van der Waals surface area contributed by atoms with E-state index >= 15 is 0 Å². The first kappa shape index (κ1) is 10.5. The Hall–Kier alpha value is -1.54. The van der Waals surface area contributed by atoms with Crippen molar-refractivity contribution in [2.75, 3.05) is 11.1 Å². The Kier molecular flexibility index (Phi) is 3.10. The van der Waals surface area contributed by atoms with E-state index in [-0.39, 0.29) is 33.7 Å². The van der Waals surface area contributed by atoms with E-state index in [4.69, 9.17) is 11.0 Å². The number of phenolic OH excluding ortho intramolecular Hbond substituents is 1. The molecule has 0 aliphatic rings. The van der Waals surface area contributed by atoms with Crippen LogP contribution in [0.15, 0.2) is 12.1 Å². The van der Waals surface area contributed by atoms with Crippen molar-refractivity contribution in [1.29, 1.82) is 5.26 Å². The van der Waals surface area contributed by atoms with Crippen LogP contribution in [0.25, 0.3) is 0 Å². The third kappa shape index (κ3) is 1.86. The molecule has 0 bridgehead atoms. The van der Waals surface area contributed by atoms with Crippen LogP contribution >= 0.6 is 15.9 Å². The number of benzene rings is 1. The van der Waals surface area contributed by atoms with Gasteiger partial charge in [-0.2, -0.15) is 5.26 Å². The van der Waals surface area contributed by atoms with Gasteiger partial charge >= 0.3 is 0 Å². The summed E-state index contributed by atoms with van der Waals surface area (Å²) in [4.78, 5) is 11.3. The van der Waals surface area contributed by atoms with Crippen LogP contribution < -0.4 is 5.73 Å². The molecule has 0 atom stereocenters. The lowest BCUT2D eigenvalue weighted by molar-refractivity contribution is 0.102. The first-order valence-electron chi connectivity index (χ1n) is 3.72. The first-order chi connectivity index (χ1) is 6.60. The average Bonchev–Trinajstić information content (AvgIpc) is 2.20. The summed E-state index contributed by atoms with van der Waals surface area (Å²) in [7, 11) is 0. The van der Waals surface area contributed by atoms with Crippen LogP contribution in [0.2, 0.25) is 0 Å². The number of ketones is 1. The molecule has 0 aromatic heterocycles. The molecule has 0 unspecified atom stereocenters. The highest BCUT2D eigenvalue weighted by molar-refractivity contribution is 9.09. The van der Waals surface area contributed by atoms with Crippen molar-refractivity contribution in [3.05, 3.63) is 23.3 Å². The average molecular weight is 255 g/mol. The number of nitrogens with zero attached hydrogens (tertiary/aromatic N) is 1. The largest absolute Gasteiger partial charge is 0.505 e. The van der Waals surface area contributed by atoms with Crippen LogP contribution in [-0.2, 0) is 0 Å². The van der Waals surface area contributed by atoms with E-state index in [1.54, 1.807) is 0 Å². The number of nitrogens with two attached hydrogens (primary N) is 1. The number of rotatable bonds is 2. The number of halogens is 1. The maximum Gasteiger partial charge on any atom is 0.177 e. The third-order valence-corrected chi connectivity index (χ3v) is 2.20. The minimum atomic E-state index is -0.314. The van der Waals surface area contributed by atoms with Crippen molar-refractivity contribution in [2.45, 2.75) is 0 Å². The normalized spacial score (nSPS) is 9.43. The number of anilines is 1. The van der Waals surface area contributed by atoms with Gasteiger partial charge in [-0.15, -0.1) is 0 Å². The van der Waals surface area contributed by atoms with Crippen LogP contribution in [0.5, 0.6) is 5.75 Å². The number of hydrogen-bond donors (Lipinski definition) is 2. The maximum atomic E-state index is 11.3. The molecule has 0 spiro atoms. The monoisotopic (exact) mass is 254 g/mol. The first-order valence-corrected chi connectivity index (χ1v) is 4.84. The second-order valence-corrected chi connectivity index (χ2v) is 3.19. The van der Waals surface area contributed by atoms with Gasteiger partial charge < -0.3 is 10.8 Å². The van der Waals surface area contributed by atoms with Crippen molar-refractivity contribution in [3.8, 4) is 11.8 Å². The molecule has 0 saturated heterocycles. The molecule has 14 heavy (non-hydrogen) atoms. The Morgan fingerprint density at radius 1 is 1.64 bits per heavy atom. The molecule has 0 radical (unpaired) electrons. The minimum absolute atomic E-state index is 0.0355. The van der Waals surface area contributed by atoms with Gasteiger partial charge in [0.05, 0.1) is 28.2 Å². The van der Waals surface area contributed by atoms with E-state index in [2.05, 4.69) is 15.9 Å². The molecule has 72 valence electrons. The summed E-state index contributed by atoms with van der Waals surface area (Å²) < 4.78 is 0. The van der Waals surface area contributed by atoms with Gasteiger partial charge in [0, 0.05) is 0 Å². The Balaban J connectivity index is 3.36. The molecule has 0 aliphatic heterocycles. The number of aromatic hydroxyl groups is 1. The van der Waals surface area contributed by atoms with Gasteiger partial charge in [0.2, 0.25) is 0 Å². The number of nitriles is 1. The highest BCUT2D eigenvalue weighted by atomic mass is 79.9. The molecule has 0 aliphatic carbocycles. The van der Waals surface area contributed by atoms with Crippen molar-refractivity contribution in [3.63, 3.8) is 0 Å². The predicted molar refractivity (Wildman–Crippen MR) is 55.4 cm³/mol. The molecular formula is C9H7BrN2O2. The van der Waals surface area contributed by atoms with Gasteiger partial charge in [0.25, 0.3) is 0 Å². The quantitative estimate of drug-likeness (QED) is 0.362. The van der Waals surface area contributed by atoms with E-state index < -0.39 is 0 Å². The van der Waals surface area contributed by atoms with Crippen molar-refractivity contribution < 1.29 is 9.90 Å². The van der Waals surface area contributed by atoms with E-state index in [0.717, 1.165) is 0 Å². The van der Waals surface area contributed by atoms with Gasteiger partial charge in [0.1, 0.15) is 5.75 Å². The number of hydrogen-bond acceptors (Lipinski definition) is 4. The Bertz CT molecular complexity index is 424. The van der Waals surface area contributed by atoms with Crippen molar-refractivity contribution >= 4 is 27.4 Å². The van der Waals surface area contributed by atoms with E-state index in [1.165, 1.54) is 12.1 Å². The SMILES string of the molecule is N#Cc1cc(N)c(O)c(C(=O)CBr)c1. The van der Waals surface area contributed by atoms with Gasteiger partial charge in [-0.05, 0) is 12.1 Å². The fourth-order valence-electron chi connectivity index (χ4n) is 1.01. The second-order valence-electron chi connectivity index (χ2n) is 2.63. The second kappa shape index (κ2) is 4.11. The zero-order valence-electron chi connectivity index (χ0n) is 7.12. The fraction of sp³-hybridized carbons (Fsp3) is 0.111. The number of Topliss-reactive ketones (excluding diaryl/α,β-unsaturated/α-hetero) is 1. The number of carbonyl (C=O) groups is 1. The molecule has 0 saturated carbocycles. The molecule has 5 heteroatoms. The molecule has 0 fully saturated rings. The summed E-state index contributed by atoms with van der Waals surface area (Å²) in [6, 6.07) is 4.49. The number of phenols is 1. The fourth-order valence-corrected chi connectivity index (χ4v) is 1.31. The topological polar surface area (TPSA) is 87.1 Å². The lowest BCUT2D eigenvalue weighted by atomic mass is 10.1. The highest BCUT2D eigenvalue weighted by Gasteiger charge is 2.13. The predicted octanol–water partition coefficient (Wildman–Crippen LogP) is 1.42. The molecule has 4 nitrogen and oxygen atoms in total. The summed E-state index contributed by atoms with van der Waals surface area (Å²) in [5.41, 5.74) is 5.78. The van der Waals surface area contributed by atoms with Gasteiger partial charge in [-0.3, -0.25) is 4.79 Å². The Labute approximate surface area is 89.1 Å². The van der Waals surface area contributed by atoms with Crippen LogP contribution in [0.3, 0.4) is 0 Å². The van der Waals surface area contributed by atoms with E-state index in [0.29, 0.717) is 0 Å². The number of nitrogen functional groups attached to an aromatic ring is 1. The molecule has 0 amide bonds. The molecule has 1 aromatic rings. The molecule has 1 aromatic carbocycles. The van der Waals surface area contributed by atoms with Crippen LogP contribution in [0.4, 0.5) is 5.69 Å². The zero-order chi connectivity index (χ0) is 10.7. The summed E-state index contributed by atoms with van der Waals surface area (Å²) in [6.07, 6.45) is 0. The van der Waals surface area contributed by atoms with Crippen LogP contribution in [-0.4, -0.2) is 16.2 Å². The maximum absolute atomic E-state index is 11.3. The lowest BCUT2D eigenvalue weighted by Crippen LogP contribution is -2.03. The Morgan fingerprint density at radius 2 is 2.29 bits per heavy atom. The van der Waals surface area contributed by atoms with E-state index in [1.807, 2.05) is 6.07 Å². The smallest absolute Gasteiger partial charge is 0.177 e. The standard InChI is InChI=1S/C9H7BrN2O2/c10-3-8(13)6-1-5(4-11)2-7(12)9(6)14/h1-2,14H,3,12H2. The van der Waals surface area contributed by atoms with Gasteiger partial charge in [-0.1, -0.05) is 15.9 Å². The molecule has 3 N–H and O–H groups in total. The molecule has 0 heterocycles. The third-order valence-electron chi connectivity index (χ3n) is 1.69. The summed E-state index contributed by atoms with van der Waals surface area (Å²) >= 11 is 2.97. The Morgan fingerprint density at radius 3 is 2.79 bits per heavy atom. The highest BCUT2D eigenvalue weighted by Crippen LogP contribution is 2.27. The molecular weight excluding hydrogens is 248 g/mol. The summed E-state index contributed by atoms with van der Waals surface area (Å²) in [6.45, 7) is 0. The summed E-state index contributed by atoms with van der Waals surface area (Å²) in [5.74, 6) is -0.584. The zero-order valence-corrected chi connectivity index (χ0v) is 8.71. The molecule has 1 rings (SSSR count). The van der Waals surface area contributed by atoms with Crippen molar-refractivity contribution in [1.82, 2.24) is 0 Å². The lowest BCUT2D eigenvalue weighted by Gasteiger charge is -2.04.